The van der Waals surface area contributed by atoms with E-state index in [1.54, 1.807) is 16.8 Å². The maximum atomic E-state index is 12.1. The van der Waals surface area contributed by atoms with Crippen LogP contribution in [0.15, 0.2) is 35.3 Å². The van der Waals surface area contributed by atoms with Crippen LogP contribution in [0.2, 0.25) is 0 Å². The van der Waals surface area contributed by atoms with Gasteiger partial charge in [-0.15, -0.1) is 0 Å². The Morgan fingerprint density at radius 2 is 2.12 bits per heavy atom. The Hall–Kier alpha value is -2.74. The van der Waals surface area contributed by atoms with E-state index >= 15 is 0 Å². The lowest BCUT2D eigenvalue weighted by molar-refractivity contribution is 0.182. The number of ether oxygens (including phenoxy) is 1. The van der Waals surface area contributed by atoms with E-state index in [1.165, 1.54) is 10.7 Å². The number of rotatable bonds is 3. The second-order valence-electron chi connectivity index (χ2n) is 6.00. The molecular weight excluding hydrogens is 308 g/mol. The Labute approximate surface area is 138 Å². The third-order valence-corrected chi connectivity index (χ3v) is 4.12. The second-order valence-corrected chi connectivity index (χ2v) is 6.00. The monoisotopic (exact) mass is 326 g/mol. The van der Waals surface area contributed by atoms with Gasteiger partial charge in [0.25, 0.3) is 5.56 Å². The van der Waals surface area contributed by atoms with Crippen molar-refractivity contribution in [3.05, 3.63) is 52.2 Å². The summed E-state index contributed by atoms with van der Waals surface area (Å²) in [6, 6.07) is 6.78. The zero-order chi connectivity index (χ0) is 16.7. The summed E-state index contributed by atoms with van der Waals surface area (Å²) in [5, 5.41) is 12.1. The van der Waals surface area contributed by atoms with E-state index in [4.69, 9.17) is 4.74 Å². The first-order chi connectivity index (χ1) is 11.6. The topological polar surface area (TPSA) is 86.3 Å². The van der Waals surface area contributed by atoms with Crippen molar-refractivity contribution < 1.29 is 4.74 Å². The van der Waals surface area contributed by atoms with Gasteiger partial charge in [0, 0.05) is 30.1 Å². The molecule has 0 bridgehead atoms. The predicted molar refractivity (Wildman–Crippen MR) is 88.2 cm³/mol. The number of anilines is 1. The van der Waals surface area contributed by atoms with Crippen molar-refractivity contribution in [1.29, 1.82) is 0 Å². The summed E-state index contributed by atoms with van der Waals surface area (Å²) in [4.78, 5) is 16.5. The van der Waals surface area contributed by atoms with Gasteiger partial charge in [-0.05, 0) is 19.9 Å². The molecule has 1 aliphatic heterocycles. The zero-order valence-corrected chi connectivity index (χ0v) is 13.5. The second kappa shape index (κ2) is 5.72. The van der Waals surface area contributed by atoms with Gasteiger partial charge in [0.15, 0.2) is 5.65 Å². The van der Waals surface area contributed by atoms with Crippen LogP contribution in [0, 0.1) is 13.8 Å². The third kappa shape index (κ3) is 2.54. The number of nitrogens with zero attached hydrogens (tertiary/aromatic N) is 5. The molecule has 0 aromatic carbocycles. The van der Waals surface area contributed by atoms with E-state index in [0.717, 1.165) is 22.9 Å². The summed E-state index contributed by atoms with van der Waals surface area (Å²) in [6.45, 7) is 4.82. The number of aromatic nitrogens is 5. The molecule has 2 unspecified atom stereocenters. The van der Waals surface area contributed by atoms with Crippen LogP contribution in [0.25, 0.3) is 5.65 Å². The van der Waals surface area contributed by atoms with Crippen LogP contribution in [0.5, 0.6) is 0 Å². The fourth-order valence-corrected chi connectivity index (χ4v) is 3.05. The molecule has 0 aliphatic carbocycles. The summed E-state index contributed by atoms with van der Waals surface area (Å²) in [7, 11) is 0. The Balaban J connectivity index is 1.70. The molecule has 124 valence electrons. The molecular formula is C16H18N6O2. The summed E-state index contributed by atoms with van der Waals surface area (Å²) < 4.78 is 8.84. The highest BCUT2D eigenvalue weighted by Crippen LogP contribution is 2.22. The lowest BCUT2D eigenvalue weighted by atomic mass is 10.1. The molecule has 0 spiro atoms. The molecule has 8 heteroatoms. The average Bonchev–Trinajstić information content (AvgIpc) is 3.13. The predicted octanol–water partition coefficient (Wildman–Crippen LogP) is 0.955. The molecule has 4 rings (SSSR count). The van der Waals surface area contributed by atoms with Crippen LogP contribution in [0.4, 0.5) is 5.82 Å². The van der Waals surface area contributed by atoms with Crippen molar-refractivity contribution in [2.75, 3.05) is 18.5 Å². The lowest BCUT2D eigenvalue weighted by Crippen LogP contribution is -2.37. The minimum atomic E-state index is -0.168. The van der Waals surface area contributed by atoms with Crippen LogP contribution < -0.4 is 10.9 Å². The molecule has 2 atom stereocenters. The summed E-state index contributed by atoms with van der Waals surface area (Å²) in [6.07, 6.45) is 1.61. The Morgan fingerprint density at radius 1 is 1.25 bits per heavy atom. The molecule has 8 nitrogen and oxygen atoms in total. The maximum absolute atomic E-state index is 12.1. The van der Waals surface area contributed by atoms with Gasteiger partial charge < -0.3 is 10.1 Å². The van der Waals surface area contributed by atoms with Crippen LogP contribution in [-0.4, -0.2) is 43.6 Å². The van der Waals surface area contributed by atoms with Crippen molar-refractivity contribution in [3.63, 3.8) is 0 Å². The van der Waals surface area contributed by atoms with E-state index in [-0.39, 0.29) is 17.6 Å². The lowest BCUT2D eigenvalue weighted by Gasteiger charge is -2.21. The summed E-state index contributed by atoms with van der Waals surface area (Å²) in [5.74, 6) is 0.829. The normalized spacial score (nSPS) is 20.6. The molecule has 24 heavy (non-hydrogen) atoms. The molecule has 1 saturated heterocycles. The highest BCUT2D eigenvalue weighted by molar-refractivity contribution is 5.51. The molecule has 3 aromatic rings. The average molecular weight is 326 g/mol. The Kier molecular flexibility index (Phi) is 3.53. The number of hydrogen-bond acceptors (Lipinski definition) is 6. The van der Waals surface area contributed by atoms with Crippen molar-refractivity contribution in [3.8, 4) is 0 Å². The van der Waals surface area contributed by atoms with Crippen molar-refractivity contribution in [2.24, 2.45) is 0 Å². The summed E-state index contributed by atoms with van der Waals surface area (Å²) in [5.41, 5.74) is 2.46. The number of nitrogens with one attached hydrogen (secondary N) is 1. The molecule has 1 N–H and O–H groups in total. The minimum absolute atomic E-state index is 0.0768. The Bertz CT molecular complexity index is 947. The molecule has 4 heterocycles. The fraction of sp³-hybridized carbons (Fsp3) is 0.375. The van der Waals surface area contributed by atoms with E-state index in [0.29, 0.717) is 13.2 Å². The molecule has 1 aliphatic rings. The van der Waals surface area contributed by atoms with Crippen molar-refractivity contribution in [2.45, 2.75) is 25.9 Å². The Morgan fingerprint density at radius 3 is 2.96 bits per heavy atom. The van der Waals surface area contributed by atoms with Crippen LogP contribution in [0.1, 0.15) is 17.4 Å². The molecule has 0 amide bonds. The van der Waals surface area contributed by atoms with Crippen LogP contribution >= 0.6 is 0 Å². The number of aryl methyl sites for hydroxylation is 2. The van der Waals surface area contributed by atoms with Crippen LogP contribution in [0.3, 0.4) is 0 Å². The quantitative estimate of drug-likeness (QED) is 0.771. The first-order valence-corrected chi connectivity index (χ1v) is 7.84. The number of fused-ring (bicyclic) bond motifs is 1. The minimum Gasteiger partial charge on any atom is -0.377 e. The van der Waals surface area contributed by atoms with Gasteiger partial charge in [-0.25, -0.2) is 9.67 Å². The highest BCUT2D eigenvalue weighted by atomic mass is 16.5. The van der Waals surface area contributed by atoms with E-state index in [1.807, 2.05) is 26.0 Å². The number of hydrogen-bond donors (Lipinski definition) is 1. The van der Waals surface area contributed by atoms with E-state index in [2.05, 4.69) is 20.5 Å². The largest absolute Gasteiger partial charge is 0.377 e. The summed E-state index contributed by atoms with van der Waals surface area (Å²) >= 11 is 0. The highest BCUT2D eigenvalue weighted by Gasteiger charge is 2.31. The molecule has 3 aromatic heterocycles. The van der Waals surface area contributed by atoms with E-state index in [9.17, 15) is 4.79 Å². The van der Waals surface area contributed by atoms with Crippen LogP contribution in [-0.2, 0) is 4.74 Å². The van der Waals surface area contributed by atoms with E-state index < -0.39 is 0 Å². The van der Waals surface area contributed by atoms with Crippen molar-refractivity contribution >= 4 is 11.5 Å². The van der Waals surface area contributed by atoms with Gasteiger partial charge in [-0.2, -0.15) is 14.7 Å². The molecule has 0 radical (unpaired) electrons. The van der Waals surface area contributed by atoms with Crippen molar-refractivity contribution in [1.82, 2.24) is 24.4 Å². The fourth-order valence-electron chi connectivity index (χ4n) is 3.05. The zero-order valence-electron chi connectivity index (χ0n) is 13.5. The van der Waals surface area contributed by atoms with Gasteiger partial charge in [0.1, 0.15) is 11.9 Å². The first-order valence-electron chi connectivity index (χ1n) is 7.84. The molecule has 0 saturated carbocycles. The van der Waals surface area contributed by atoms with Gasteiger partial charge in [-0.3, -0.25) is 4.79 Å². The SMILES string of the molecule is Cc1cc(NC2COCC2n2ncccc2=O)n2nc(C)cc2n1. The third-order valence-electron chi connectivity index (χ3n) is 4.12. The van der Waals surface area contributed by atoms with Gasteiger partial charge >= 0.3 is 0 Å². The molecule has 1 fully saturated rings. The standard InChI is InChI=1S/C16H18N6O2/c1-10-6-15(22-14(18-10)7-11(2)20-22)19-12-8-24-9-13(12)21-16(23)4-3-5-17-21/h3-7,12-13,19H,8-9H2,1-2H3. The van der Waals surface area contributed by atoms with Gasteiger partial charge in [-0.1, -0.05) is 0 Å². The first kappa shape index (κ1) is 14.8. The maximum Gasteiger partial charge on any atom is 0.267 e. The van der Waals surface area contributed by atoms with Gasteiger partial charge in [0.2, 0.25) is 0 Å². The smallest absolute Gasteiger partial charge is 0.267 e. The van der Waals surface area contributed by atoms with Gasteiger partial charge in [0.05, 0.1) is 24.9 Å².